The van der Waals surface area contributed by atoms with Crippen LogP contribution < -0.4 is 9.75 Å². The van der Waals surface area contributed by atoms with Gasteiger partial charge in [-0.1, -0.05) is 6.07 Å². The topological polar surface area (TPSA) is 445 Å². The van der Waals surface area contributed by atoms with Crippen LogP contribution in [0.1, 0.15) is 0 Å². The van der Waals surface area contributed by atoms with Crippen molar-refractivity contribution in [2.75, 3.05) is 12.1 Å². The minimum absolute atomic E-state index is 0.0273. The second-order valence-corrected chi connectivity index (χ2v) is 21.0. The number of carbonyl (C=O) groups excluding carboxylic acids is 1. The van der Waals surface area contributed by atoms with E-state index < -0.39 is 127 Å². The summed E-state index contributed by atoms with van der Waals surface area (Å²) < 4.78 is 177. The normalized spacial score (nSPS) is 15.2. The number of hydrogen-bond acceptors (Lipinski definition) is 21. The number of carbonyl (C=O) groups is 2. The summed E-state index contributed by atoms with van der Waals surface area (Å²) in [4.78, 5) is 20.7. The number of ether oxygens (including phenoxy) is 1. The van der Waals surface area contributed by atoms with E-state index in [1.54, 1.807) is 0 Å². The maximum absolute atomic E-state index is 13.3. The van der Waals surface area contributed by atoms with Gasteiger partial charge in [0.15, 0.2) is 11.5 Å². The summed E-state index contributed by atoms with van der Waals surface area (Å²) in [5, 5.41) is 46.3. The maximum Gasteiger partial charge on any atom is 0.355 e. The molecule has 0 fully saturated rings. The van der Waals surface area contributed by atoms with Crippen molar-refractivity contribution in [3.05, 3.63) is 91.0 Å². The van der Waals surface area contributed by atoms with Crippen LogP contribution in [-0.4, -0.2) is 106 Å². The zero-order valence-corrected chi connectivity index (χ0v) is 38.4. The summed E-state index contributed by atoms with van der Waals surface area (Å²) in [7, 11) is -24.4. The standard InChI is InChI=1S/C37H26N8O20S5/c1-65-18-4-10-27(29(14-18)68(56,57)58)40-38-25-12-13-26(23-15-20(67(53,54)55)7-8-21(23)25)39-42-31-30(69(59,60)61)16-24-22(34(31)46)9-11-28(35(24)70(62,63)64)41-43-32-33(37(48)49)44-45(36(32)47)17-2-5-19(6-3-17)66(50,51)52/h2-16,32,46H,1H3,(H,48,49)(H,50,51,52)(H,53,54,55)(H,56,57,58)(H,59,60,61)(H,62,63,64)/b40-38+,42-39+,43-41+. The van der Waals surface area contributed by atoms with Crippen LogP contribution in [0, 0.1) is 0 Å². The van der Waals surface area contributed by atoms with Gasteiger partial charge >= 0.3 is 5.97 Å². The lowest BCUT2D eigenvalue weighted by atomic mass is 10.1. The monoisotopic (exact) mass is 1060 g/mol. The van der Waals surface area contributed by atoms with E-state index in [4.69, 9.17) is 4.74 Å². The molecule has 0 saturated carbocycles. The highest BCUT2D eigenvalue weighted by Crippen LogP contribution is 2.46. The molecule has 28 nitrogen and oxygen atoms in total. The van der Waals surface area contributed by atoms with Crippen molar-refractivity contribution in [2.24, 2.45) is 35.8 Å². The zero-order chi connectivity index (χ0) is 51.5. The van der Waals surface area contributed by atoms with Crippen LogP contribution in [0.3, 0.4) is 0 Å². The van der Waals surface area contributed by atoms with Gasteiger partial charge in [0.1, 0.15) is 37.5 Å². The van der Waals surface area contributed by atoms with Crippen LogP contribution in [-0.2, 0) is 60.2 Å². The molecule has 0 aromatic heterocycles. The number of anilines is 1. The van der Waals surface area contributed by atoms with Gasteiger partial charge in [-0.3, -0.25) is 27.6 Å². The predicted molar refractivity (Wildman–Crippen MR) is 237 cm³/mol. The van der Waals surface area contributed by atoms with E-state index in [1.165, 1.54) is 19.2 Å². The molecule has 0 bridgehead atoms. The van der Waals surface area contributed by atoms with E-state index in [-0.39, 0.29) is 39.3 Å². The first-order chi connectivity index (χ1) is 32.5. The van der Waals surface area contributed by atoms with Gasteiger partial charge in [-0.05, 0) is 78.9 Å². The molecule has 0 aliphatic carbocycles. The van der Waals surface area contributed by atoms with Gasteiger partial charge in [-0.25, -0.2) is 4.79 Å². The average molecular weight is 1060 g/mol. The summed E-state index contributed by atoms with van der Waals surface area (Å²) >= 11 is 0. The first kappa shape index (κ1) is 50.3. The van der Waals surface area contributed by atoms with Crippen molar-refractivity contribution >= 4 is 124 Å². The lowest BCUT2D eigenvalue weighted by Crippen LogP contribution is -2.33. The van der Waals surface area contributed by atoms with E-state index in [1.807, 2.05) is 0 Å². The lowest BCUT2D eigenvalue weighted by molar-refractivity contribution is -0.130. The van der Waals surface area contributed by atoms with Gasteiger partial charge in [-0.15, -0.1) is 20.5 Å². The second-order valence-electron chi connectivity index (χ2n) is 14.1. The van der Waals surface area contributed by atoms with Crippen molar-refractivity contribution in [1.29, 1.82) is 0 Å². The molecule has 0 saturated heterocycles. The summed E-state index contributed by atoms with van der Waals surface area (Å²) in [6, 6.07) is 12.1. The van der Waals surface area contributed by atoms with Gasteiger partial charge in [0, 0.05) is 27.6 Å². The van der Waals surface area contributed by atoms with E-state index in [0.717, 1.165) is 72.8 Å². The Morgan fingerprint density at radius 1 is 0.571 bits per heavy atom. The van der Waals surface area contributed by atoms with E-state index in [9.17, 15) is 84.7 Å². The van der Waals surface area contributed by atoms with Crippen LogP contribution in [0.25, 0.3) is 21.5 Å². The van der Waals surface area contributed by atoms with Crippen LogP contribution in [0.2, 0.25) is 0 Å². The smallest absolute Gasteiger partial charge is 0.355 e. The maximum atomic E-state index is 13.3. The molecule has 1 aliphatic heterocycles. The Hall–Kier alpha value is -7.60. The minimum Gasteiger partial charge on any atom is -0.505 e. The number of phenols is 1. The van der Waals surface area contributed by atoms with Gasteiger partial charge in [0.2, 0.25) is 6.04 Å². The number of fused-ring (bicyclic) bond motifs is 2. The number of amides is 1. The van der Waals surface area contributed by atoms with Gasteiger partial charge in [0.05, 0.1) is 34.0 Å². The fourth-order valence-corrected chi connectivity index (χ4v) is 9.64. The number of rotatable bonds is 14. The quantitative estimate of drug-likeness (QED) is 0.0507. The lowest BCUT2D eigenvalue weighted by Gasteiger charge is -2.13. The number of benzene rings is 6. The summed E-state index contributed by atoms with van der Waals surface area (Å²) in [5.41, 5.74) is -4.08. The van der Waals surface area contributed by atoms with Crippen molar-refractivity contribution in [2.45, 2.75) is 30.5 Å². The van der Waals surface area contributed by atoms with Crippen LogP contribution in [0.15, 0.2) is 151 Å². The Morgan fingerprint density at radius 3 is 1.69 bits per heavy atom. The molecule has 7 N–H and O–H groups in total. The van der Waals surface area contributed by atoms with Crippen molar-refractivity contribution in [3.8, 4) is 11.5 Å². The highest BCUT2D eigenvalue weighted by molar-refractivity contribution is 7.87. The number of phenolic OH excluding ortho intramolecular Hbond substituents is 1. The predicted octanol–water partition coefficient (Wildman–Crippen LogP) is 5.71. The molecule has 1 unspecified atom stereocenters. The van der Waals surface area contributed by atoms with Crippen molar-refractivity contribution in [3.63, 3.8) is 0 Å². The number of carboxylic acids is 1. The molecule has 0 spiro atoms. The number of nitrogens with zero attached hydrogens (tertiary/aromatic N) is 8. The second kappa shape index (κ2) is 18.0. The molecule has 6 aromatic carbocycles. The number of hydrazone groups is 1. The number of azo groups is 3. The molecule has 364 valence electrons. The van der Waals surface area contributed by atoms with Gasteiger partial charge in [0.25, 0.3) is 56.5 Å². The number of methoxy groups -OCH3 is 1. The molecule has 0 radical (unpaired) electrons. The number of hydrogen-bond donors (Lipinski definition) is 7. The fraction of sp³-hybridized carbons (Fsp3) is 0.0541. The molecule has 7 rings (SSSR count). The third kappa shape index (κ3) is 10.1. The highest BCUT2D eigenvalue weighted by atomic mass is 32.2. The number of carboxylic acid groups (broad SMARTS) is 1. The van der Waals surface area contributed by atoms with Gasteiger partial charge in [-0.2, -0.15) is 62.4 Å². The molecular weight excluding hydrogens is 1040 g/mol. The van der Waals surface area contributed by atoms with Crippen LogP contribution in [0.5, 0.6) is 11.5 Å². The molecule has 1 atom stereocenters. The van der Waals surface area contributed by atoms with Gasteiger partial charge < -0.3 is 14.9 Å². The third-order valence-corrected chi connectivity index (χ3v) is 14.1. The zero-order valence-electron chi connectivity index (χ0n) is 34.3. The SMILES string of the molecule is COc1ccc(/N=N/c2ccc(/N=N/c3c(S(=O)(=O)O)cc4c(S(=O)(=O)O)c(/N=N/C5C(=O)N(c6ccc(S(=O)(=O)O)cc6)N=C5C(=O)O)ccc4c3O)c3cc(S(=O)(=O)O)ccc23)c(S(=O)(=O)O)c1. The average Bonchev–Trinajstić information content (AvgIpc) is 3.60. The number of aromatic hydroxyl groups is 1. The Kier molecular flexibility index (Phi) is 13.0. The first-order valence-corrected chi connectivity index (χ1v) is 25.6. The van der Waals surface area contributed by atoms with Crippen LogP contribution >= 0.6 is 0 Å². The Bertz CT molecular complexity index is 3980. The van der Waals surface area contributed by atoms with Crippen molar-refractivity contribution < 1.29 is 89.4 Å². The molecule has 1 heterocycles. The van der Waals surface area contributed by atoms with E-state index in [0.29, 0.717) is 11.1 Å². The molecule has 1 aliphatic rings. The van der Waals surface area contributed by atoms with Crippen molar-refractivity contribution in [1.82, 2.24) is 0 Å². The molecule has 1 amide bonds. The van der Waals surface area contributed by atoms with E-state index >= 15 is 0 Å². The first-order valence-electron chi connectivity index (χ1n) is 18.4. The molecule has 6 aromatic rings. The molecule has 33 heteroatoms. The Balaban J connectivity index is 1.33. The van der Waals surface area contributed by atoms with E-state index in [2.05, 4.69) is 35.8 Å². The molecular formula is C37H26N8O20S5. The molecule has 70 heavy (non-hydrogen) atoms. The fourth-order valence-electron chi connectivity index (χ4n) is 6.55. The van der Waals surface area contributed by atoms with Crippen LogP contribution in [0.4, 0.5) is 34.1 Å². The largest absolute Gasteiger partial charge is 0.505 e. The summed E-state index contributed by atoms with van der Waals surface area (Å²) in [5.74, 6) is -4.27. The Morgan fingerprint density at radius 2 is 1.11 bits per heavy atom. The summed E-state index contributed by atoms with van der Waals surface area (Å²) in [6.45, 7) is 0. The Labute approximate surface area is 392 Å². The number of aliphatic carboxylic acids is 1. The highest BCUT2D eigenvalue weighted by Gasteiger charge is 2.41. The third-order valence-electron chi connectivity index (χ3n) is 9.70. The minimum atomic E-state index is -5.59. The summed E-state index contributed by atoms with van der Waals surface area (Å²) in [6.07, 6.45) is 0.